The molecule has 0 radical (unpaired) electrons. The van der Waals surface area contributed by atoms with Crippen molar-refractivity contribution >= 4 is 41.2 Å². The molecule has 0 spiro atoms. The number of benzene rings is 2. The van der Waals surface area contributed by atoms with Crippen LogP contribution in [0.25, 0.3) is 6.08 Å². The summed E-state index contributed by atoms with van der Waals surface area (Å²) in [5, 5.41) is 3.94. The van der Waals surface area contributed by atoms with Gasteiger partial charge in [0.15, 0.2) is 6.10 Å². The van der Waals surface area contributed by atoms with E-state index in [2.05, 4.69) is 11.4 Å². The van der Waals surface area contributed by atoms with Crippen LogP contribution in [0.15, 0.2) is 48.5 Å². The van der Waals surface area contributed by atoms with Crippen molar-refractivity contribution in [2.24, 2.45) is 0 Å². The molecular formula is C22H21Cl2NO3. The number of aryl methyl sites for hydroxylation is 1. The molecule has 0 bridgehead atoms. The third-order valence-corrected chi connectivity index (χ3v) is 5.27. The number of nitrogens with one attached hydrogen (secondary N) is 1. The number of rotatable bonds is 5. The van der Waals surface area contributed by atoms with Crippen molar-refractivity contribution in [3.8, 4) is 0 Å². The predicted octanol–water partition coefficient (Wildman–Crippen LogP) is 5.13. The zero-order valence-electron chi connectivity index (χ0n) is 15.5. The number of halogens is 2. The maximum Gasteiger partial charge on any atom is 0.331 e. The molecule has 0 fully saturated rings. The quantitative estimate of drug-likeness (QED) is 0.541. The average Bonchev–Trinajstić information content (AvgIpc) is 2.67. The fourth-order valence-corrected chi connectivity index (χ4v) is 3.73. The van der Waals surface area contributed by atoms with E-state index < -0.39 is 12.1 Å². The monoisotopic (exact) mass is 417 g/mol. The van der Waals surface area contributed by atoms with Crippen LogP contribution in [0, 0.1) is 0 Å². The van der Waals surface area contributed by atoms with Gasteiger partial charge in [-0.25, -0.2) is 4.79 Å². The Kier molecular flexibility index (Phi) is 6.76. The smallest absolute Gasteiger partial charge is 0.331 e. The summed E-state index contributed by atoms with van der Waals surface area (Å²) < 4.78 is 5.22. The molecule has 1 aliphatic carbocycles. The van der Waals surface area contributed by atoms with E-state index in [-0.39, 0.29) is 11.9 Å². The minimum Gasteiger partial charge on any atom is -0.449 e. The van der Waals surface area contributed by atoms with Crippen LogP contribution in [-0.2, 0) is 20.7 Å². The fraction of sp³-hybridized carbons (Fsp3) is 0.273. The zero-order chi connectivity index (χ0) is 20.1. The highest BCUT2D eigenvalue weighted by molar-refractivity contribution is 6.35. The highest BCUT2D eigenvalue weighted by Crippen LogP contribution is 2.29. The largest absolute Gasteiger partial charge is 0.449 e. The second kappa shape index (κ2) is 9.26. The number of hydrogen-bond donors (Lipinski definition) is 1. The molecule has 0 heterocycles. The first-order valence-electron chi connectivity index (χ1n) is 9.16. The van der Waals surface area contributed by atoms with Crippen LogP contribution >= 0.6 is 23.2 Å². The molecule has 0 saturated carbocycles. The zero-order valence-corrected chi connectivity index (χ0v) is 17.0. The van der Waals surface area contributed by atoms with Crippen molar-refractivity contribution < 1.29 is 14.3 Å². The Bertz CT molecular complexity index is 910. The van der Waals surface area contributed by atoms with Gasteiger partial charge in [-0.2, -0.15) is 0 Å². The molecule has 4 nitrogen and oxygen atoms in total. The van der Waals surface area contributed by atoms with Crippen LogP contribution < -0.4 is 5.32 Å². The molecule has 0 unspecified atom stereocenters. The van der Waals surface area contributed by atoms with E-state index >= 15 is 0 Å². The van der Waals surface area contributed by atoms with Crippen molar-refractivity contribution in [2.75, 3.05) is 0 Å². The molecule has 2 atom stereocenters. The number of ether oxygens (including phenoxy) is 1. The maximum absolute atomic E-state index is 12.5. The Morgan fingerprint density at radius 2 is 2.00 bits per heavy atom. The third-order valence-electron chi connectivity index (χ3n) is 4.71. The van der Waals surface area contributed by atoms with Crippen molar-refractivity contribution in [3.05, 3.63) is 75.3 Å². The number of amides is 1. The molecule has 2 aromatic carbocycles. The minimum atomic E-state index is -0.896. The lowest BCUT2D eigenvalue weighted by Crippen LogP contribution is -2.39. The van der Waals surface area contributed by atoms with Gasteiger partial charge in [0, 0.05) is 16.1 Å². The first-order valence-corrected chi connectivity index (χ1v) is 9.91. The molecule has 3 rings (SSSR count). The second-order valence-corrected chi connectivity index (χ2v) is 7.57. The lowest BCUT2D eigenvalue weighted by atomic mass is 9.87. The van der Waals surface area contributed by atoms with Crippen LogP contribution in [0.5, 0.6) is 0 Å². The average molecular weight is 418 g/mol. The molecule has 0 aromatic heterocycles. The molecule has 28 heavy (non-hydrogen) atoms. The summed E-state index contributed by atoms with van der Waals surface area (Å²) in [4.78, 5) is 24.5. The lowest BCUT2D eigenvalue weighted by Gasteiger charge is -2.27. The number of carbonyl (C=O) groups is 2. The summed E-state index contributed by atoms with van der Waals surface area (Å²) >= 11 is 11.9. The highest BCUT2D eigenvalue weighted by Gasteiger charge is 2.24. The Morgan fingerprint density at radius 1 is 1.21 bits per heavy atom. The van der Waals surface area contributed by atoms with E-state index in [9.17, 15) is 9.59 Å². The summed E-state index contributed by atoms with van der Waals surface area (Å²) in [5.74, 6) is -0.925. The molecule has 2 aromatic rings. The van der Waals surface area contributed by atoms with Gasteiger partial charge in [-0.15, -0.1) is 0 Å². The van der Waals surface area contributed by atoms with Gasteiger partial charge >= 0.3 is 5.97 Å². The first kappa shape index (κ1) is 20.4. The standard InChI is InChI=1S/C22H21Cl2NO3/c1-14(28-21(26)12-10-16-9-11-17(23)13-19(16)24)22(27)25-20-8-4-6-15-5-2-3-7-18(15)20/h2-3,5,7,9-14,20H,4,6,8H2,1H3,(H,25,27)/b12-10+/t14-,20+/m0/s1. The van der Waals surface area contributed by atoms with Crippen molar-refractivity contribution in [2.45, 2.75) is 38.3 Å². The molecule has 0 saturated heterocycles. The normalized spacial score (nSPS) is 17.0. The molecule has 1 aliphatic rings. The van der Waals surface area contributed by atoms with Gasteiger partial charge in [0.2, 0.25) is 0 Å². The summed E-state index contributed by atoms with van der Waals surface area (Å²) in [6.45, 7) is 1.56. The van der Waals surface area contributed by atoms with E-state index in [1.165, 1.54) is 17.7 Å². The van der Waals surface area contributed by atoms with Crippen molar-refractivity contribution in [1.82, 2.24) is 5.32 Å². The van der Waals surface area contributed by atoms with E-state index in [1.54, 1.807) is 25.1 Å². The summed E-state index contributed by atoms with van der Waals surface area (Å²) in [7, 11) is 0. The van der Waals surface area contributed by atoms with E-state index in [0.29, 0.717) is 15.6 Å². The fourth-order valence-electron chi connectivity index (χ4n) is 3.25. The van der Waals surface area contributed by atoms with Crippen molar-refractivity contribution in [1.29, 1.82) is 0 Å². The van der Waals surface area contributed by atoms with Crippen LogP contribution in [0.4, 0.5) is 0 Å². The SMILES string of the molecule is C[C@H](OC(=O)/C=C/c1ccc(Cl)cc1Cl)C(=O)N[C@@H]1CCCc2ccccc21. The molecule has 1 N–H and O–H groups in total. The van der Waals surface area contributed by atoms with Crippen LogP contribution in [0.2, 0.25) is 10.0 Å². The van der Waals surface area contributed by atoms with E-state index in [0.717, 1.165) is 24.8 Å². The van der Waals surface area contributed by atoms with Gasteiger partial charge in [-0.3, -0.25) is 4.79 Å². The minimum absolute atomic E-state index is 0.0537. The molecule has 0 aliphatic heterocycles. The van der Waals surface area contributed by atoms with Gasteiger partial charge in [0.25, 0.3) is 5.91 Å². The van der Waals surface area contributed by atoms with Gasteiger partial charge in [-0.1, -0.05) is 53.5 Å². The number of hydrogen-bond acceptors (Lipinski definition) is 3. The van der Waals surface area contributed by atoms with Crippen molar-refractivity contribution in [3.63, 3.8) is 0 Å². The summed E-state index contributed by atoms with van der Waals surface area (Å²) in [5.41, 5.74) is 3.03. The first-order chi connectivity index (χ1) is 13.4. The van der Waals surface area contributed by atoms with Crippen LogP contribution in [-0.4, -0.2) is 18.0 Å². The van der Waals surface area contributed by atoms with Gasteiger partial charge in [0.05, 0.1) is 6.04 Å². The third kappa shape index (κ3) is 5.15. The predicted molar refractivity (Wildman–Crippen MR) is 111 cm³/mol. The second-order valence-electron chi connectivity index (χ2n) is 6.73. The summed E-state index contributed by atoms with van der Waals surface area (Å²) in [6.07, 6.45) is 4.79. The van der Waals surface area contributed by atoms with E-state index in [4.69, 9.17) is 27.9 Å². The maximum atomic E-state index is 12.5. The summed E-state index contributed by atoms with van der Waals surface area (Å²) in [6, 6.07) is 13.0. The van der Waals surface area contributed by atoms with Gasteiger partial charge in [0.1, 0.15) is 0 Å². The molecule has 146 valence electrons. The number of fused-ring (bicyclic) bond motifs is 1. The molecular weight excluding hydrogens is 397 g/mol. The van der Waals surface area contributed by atoms with Gasteiger partial charge in [-0.05, 0) is 61.1 Å². The Balaban J connectivity index is 1.57. The molecule has 1 amide bonds. The highest BCUT2D eigenvalue weighted by atomic mass is 35.5. The van der Waals surface area contributed by atoms with Crippen LogP contribution in [0.1, 0.15) is 42.5 Å². The Labute approximate surface area is 174 Å². The van der Waals surface area contributed by atoms with Gasteiger partial charge < -0.3 is 10.1 Å². The lowest BCUT2D eigenvalue weighted by molar-refractivity contribution is -0.150. The van der Waals surface area contributed by atoms with Crippen LogP contribution in [0.3, 0.4) is 0 Å². The number of carbonyl (C=O) groups excluding carboxylic acids is 2. The molecule has 6 heteroatoms. The Hall–Kier alpha value is -2.30. The topological polar surface area (TPSA) is 55.4 Å². The van der Waals surface area contributed by atoms with E-state index in [1.807, 2.05) is 18.2 Å². The number of esters is 1. The Morgan fingerprint density at radius 3 is 2.79 bits per heavy atom.